The van der Waals surface area contributed by atoms with E-state index in [1.54, 1.807) is 0 Å². The lowest BCUT2D eigenvalue weighted by Gasteiger charge is -2.33. The Kier molecular flexibility index (Phi) is 5.44. The van der Waals surface area contributed by atoms with E-state index in [4.69, 9.17) is 5.73 Å². The first kappa shape index (κ1) is 16.4. The van der Waals surface area contributed by atoms with Crippen LogP contribution in [0.5, 0.6) is 5.75 Å². The lowest BCUT2D eigenvalue weighted by molar-refractivity contribution is -0.0498. The molecule has 3 N–H and O–H groups in total. The number of halogens is 2. The summed E-state index contributed by atoms with van der Waals surface area (Å²) in [4.78, 5) is 12.1. The maximum atomic E-state index is 12.1. The van der Waals surface area contributed by atoms with Crippen molar-refractivity contribution in [2.75, 3.05) is 6.54 Å². The zero-order chi connectivity index (χ0) is 15.3. The maximum absolute atomic E-state index is 12.1. The standard InChI is InChI=1S/C14H20F2N2O2/c1-9(2)14(3,8-17)18-12(19)10-4-6-11(7-5-10)20-13(15)16/h4-7,9,13H,8,17H2,1-3H3,(H,18,19). The van der Waals surface area contributed by atoms with Crippen molar-refractivity contribution in [2.24, 2.45) is 11.7 Å². The van der Waals surface area contributed by atoms with Gasteiger partial charge in [0.15, 0.2) is 0 Å². The Balaban J connectivity index is 2.78. The normalized spacial score (nSPS) is 14.2. The number of benzene rings is 1. The molecule has 1 unspecified atom stereocenters. The fourth-order valence-corrected chi connectivity index (χ4v) is 1.55. The lowest BCUT2D eigenvalue weighted by atomic mass is 9.88. The van der Waals surface area contributed by atoms with Crippen molar-refractivity contribution in [3.8, 4) is 5.75 Å². The van der Waals surface area contributed by atoms with Gasteiger partial charge in [-0.15, -0.1) is 0 Å². The second-order valence-corrected chi connectivity index (χ2v) is 5.13. The average Bonchev–Trinajstić information content (AvgIpc) is 2.38. The van der Waals surface area contributed by atoms with Crippen molar-refractivity contribution < 1.29 is 18.3 Å². The molecule has 0 radical (unpaired) electrons. The molecule has 1 amide bonds. The highest BCUT2D eigenvalue weighted by molar-refractivity contribution is 5.94. The number of nitrogens with two attached hydrogens (primary N) is 1. The number of carbonyl (C=O) groups excluding carboxylic acids is 1. The van der Waals surface area contributed by atoms with Crippen LogP contribution >= 0.6 is 0 Å². The summed E-state index contributed by atoms with van der Waals surface area (Å²) in [5.74, 6) is -0.116. The average molecular weight is 286 g/mol. The Morgan fingerprint density at radius 2 is 1.90 bits per heavy atom. The number of hydrogen-bond acceptors (Lipinski definition) is 3. The third kappa shape index (κ3) is 4.16. The number of hydrogen-bond donors (Lipinski definition) is 2. The van der Waals surface area contributed by atoms with Gasteiger partial charge in [-0.1, -0.05) is 13.8 Å². The van der Waals surface area contributed by atoms with Gasteiger partial charge in [-0.25, -0.2) is 0 Å². The Hall–Kier alpha value is -1.69. The van der Waals surface area contributed by atoms with Crippen LogP contribution in [0.2, 0.25) is 0 Å². The van der Waals surface area contributed by atoms with E-state index in [0.717, 1.165) is 0 Å². The smallest absolute Gasteiger partial charge is 0.387 e. The first-order valence-corrected chi connectivity index (χ1v) is 6.36. The molecule has 1 aromatic carbocycles. The summed E-state index contributed by atoms with van der Waals surface area (Å²) in [6.07, 6.45) is 0. The Morgan fingerprint density at radius 3 is 2.30 bits per heavy atom. The summed E-state index contributed by atoms with van der Waals surface area (Å²) in [5.41, 5.74) is 5.54. The molecule has 1 rings (SSSR count). The van der Waals surface area contributed by atoms with Crippen LogP contribution in [0, 0.1) is 5.92 Å². The molecule has 0 heterocycles. The molecule has 1 atom stereocenters. The predicted octanol–water partition coefficient (Wildman–Crippen LogP) is 2.39. The Morgan fingerprint density at radius 1 is 1.35 bits per heavy atom. The second-order valence-electron chi connectivity index (χ2n) is 5.13. The van der Waals surface area contributed by atoms with Crippen molar-refractivity contribution in [3.05, 3.63) is 29.8 Å². The van der Waals surface area contributed by atoms with E-state index < -0.39 is 12.2 Å². The zero-order valence-electron chi connectivity index (χ0n) is 11.8. The van der Waals surface area contributed by atoms with Crippen molar-refractivity contribution in [2.45, 2.75) is 32.9 Å². The molecule has 0 fully saturated rings. The molecule has 0 spiro atoms. The van der Waals surface area contributed by atoms with Gasteiger partial charge < -0.3 is 15.8 Å². The maximum Gasteiger partial charge on any atom is 0.387 e. The van der Waals surface area contributed by atoms with Crippen LogP contribution in [0.1, 0.15) is 31.1 Å². The van der Waals surface area contributed by atoms with Crippen LogP contribution in [-0.2, 0) is 0 Å². The summed E-state index contributed by atoms with van der Waals surface area (Å²) >= 11 is 0. The summed E-state index contributed by atoms with van der Waals surface area (Å²) in [7, 11) is 0. The first-order chi connectivity index (χ1) is 9.28. The molecular weight excluding hydrogens is 266 g/mol. The summed E-state index contributed by atoms with van der Waals surface area (Å²) in [6, 6.07) is 5.53. The van der Waals surface area contributed by atoms with Gasteiger partial charge in [0.1, 0.15) is 5.75 Å². The van der Waals surface area contributed by atoms with E-state index in [0.29, 0.717) is 12.1 Å². The molecule has 112 valence electrons. The molecule has 0 aliphatic heterocycles. The van der Waals surface area contributed by atoms with Gasteiger partial charge in [0.25, 0.3) is 5.91 Å². The highest BCUT2D eigenvalue weighted by Crippen LogP contribution is 2.18. The van der Waals surface area contributed by atoms with Gasteiger partial charge in [0.05, 0.1) is 5.54 Å². The fourth-order valence-electron chi connectivity index (χ4n) is 1.55. The molecule has 6 heteroatoms. The number of ether oxygens (including phenoxy) is 1. The predicted molar refractivity (Wildman–Crippen MR) is 72.8 cm³/mol. The van der Waals surface area contributed by atoms with Gasteiger partial charge in [-0.3, -0.25) is 4.79 Å². The summed E-state index contributed by atoms with van der Waals surface area (Å²) in [5, 5.41) is 2.87. The SMILES string of the molecule is CC(C)C(C)(CN)NC(=O)c1ccc(OC(F)F)cc1. The van der Waals surface area contributed by atoms with Crippen LogP contribution in [0.3, 0.4) is 0 Å². The van der Waals surface area contributed by atoms with Gasteiger partial charge in [-0.2, -0.15) is 8.78 Å². The van der Waals surface area contributed by atoms with E-state index >= 15 is 0 Å². The quantitative estimate of drug-likeness (QED) is 0.844. The van der Waals surface area contributed by atoms with E-state index in [2.05, 4.69) is 10.1 Å². The van der Waals surface area contributed by atoms with Crippen LogP contribution in [0.25, 0.3) is 0 Å². The molecule has 0 aromatic heterocycles. The molecule has 20 heavy (non-hydrogen) atoms. The number of carbonyl (C=O) groups is 1. The van der Waals surface area contributed by atoms with E-state index in [1.165, 1.54) is 24.3 Å². The topological polar surface area (TPSA) is 64.3 Å². The Bertz CT molecular complexity index is 449. The number of amides is 1. The molecule has 0 aliphatic carbocycles. The van der Waals surface area contributed by atoms with Gasteiger partial charge in [0, 0.05) is 12.1 Å². The third-order valence-electron chi connectivity index (χ3n) is 3.44. The Labute approximate surface area is 117 Å². The van der Waals surface area contributed by atoms with Crippen molar-refractivity contribution >= 4 is 5.91 Å². The van der Waals surface area contributed by atoms with E-state index in [9.17, 15) is 13.6 Å². The highest BCUT2D eigenvalue weighted by atomic mass is 19.3. The molecule has 1 aromatic rings. The van der Waals surface area contributed by atoms with Crippen LogP contribution in [-0.4, -0.2) is 24.6 Å². The van der Waals surface area contributed by atoms with Crippen LogP contribution in [0.15, 0.2) is 24.3 Å². The number of rotatable bonds is 6. The van der Waals surface area contributed by atoms with Gasteiger partial charge >= 0.3 is 6.61 Å². The van der Waals surface area contributed by atoms with E-state index in [1.807, 2.05) is 20.8 Å². The van der Waals surface area contributed by atoms with E-state index in [-0.39, 0.29) is 17.6 Å². The first-order valence-electron chi connectivity index (χ1n) is 6.36. The van der Waals surface area contributed by atoms with Gasteiger partial charge in [-0.05, 0) is 37.1 Å². The monoisotopic (exact) mass is 286 g/mol. The van der Waals surface area contributed by atoms with Crippen molar-refractivity contribution in [1.82, 2.24) is 5.32 Å². The third-order valence-corrected chi connectivity index (χ3v) is 3.44. The molecule has 4 nitrogen and oxygen atoms in total. The zero-order valence-corrected chi connectivity index (χ0v) is 11.8. The second kappa shape index (κ2) is 6.65. The molecule has 0 saturated heterocycles. The van der Waals surface area contributed by atoms with Crippen LogP contribution < -0.4 is 15.8 Å². The fraction of sp³-hybridized carbons (Fsp3) is 0.500. The largest absolute Gasteiger partial charge is 0.435 e. The molecule has 0 bridgehead atoms. The summed E-state index contributed by atoms with van der Waals surface area (Å²) < 4.78 is 28.3. The molecular formula is C14H20F2N2O2. The minimum Gasteiger partial charge on any atom is -0.435 e. The minimum atomic E-state index is -2.88. The number of nitrogens with one attached hydrogen (secondary N) is 1. The summed E-state index contributed by atoms with van der Waals surface area (Å²) in [6.45, 7) is 3.22. The van der Waals surface area contributed by atoms with Crippen molar-refractivity contribution in [1.29, 1.82) is 0 Å². The lowest BCUT2D eigenvalue weighted by Crippen LogP contribution is -2.55. The molecule has 0 aliphatic rings. The van der Waals surface area contributed by atoms with Crippen LogP contribution in [0.4, 0.5) is 8.78 Å². The minimum absolute atomic E-state index is 0.0157. The highest BCUT2D eigenvalue weighted by Gasteiger charge is 2.28. The molecule has 0 saturated carbocycles. The number of alkyl halides is 2. The van der Waals surface area contributed by atoms with Gasteiger partial charge in [0.2, 0.25) is 0 Å². The van der Waals surface area contributed by atoms with Crippen molar-refractivity contribution in [3.63, 3.8) is 0 Å².